The van der Waals surface area contributed by atoms with Crippen molar-refractivity contribution in [1.82, 2.24) is 15.1 Å². The van der Waals surface area contributed by atoms with Gasteiger partial charge in [-0.1, -0.05) is 76.1 Å². The molecule has 1 saturated heterocycles. The van der Waals surface area contributed by atoms with Crippen LogP contribution in [0.5, 0.6) is 0 Å². The van der Waals surface area contributed by atoms with Gasteiger partial charge in [0.1, 0.15) is 6.10 Å². The summed E-state index contributed by atoms with van der Waals surface area (Å²) in [6, 6.07) is 15.9. The summed E-state index contributed by atoms with van der Waals surface area (Å²) in [6.07, 6.45) is 6.04. The first kappa shape index (κ1) is 29.9. The number of hydrogen-bond acceptors (Lipinski definition) is 4. The highest BCUT2D eigenvalue weighted by Crippen LogP contribution is 2.34. The number of morpholine rings is 1. The zero-order chi connectivity index (χ0) is 28.6. The van der Waals surface area contributed by atoms with E-state index < -0.39 is 0 Å². The van der Waals surface area contributed by atoms with Crippen LogP contribution in [0, 0.1) is 18.8 Å². The van der Waals surface area contributed by atoms with E-state index in [1.165, 1.54) is 5.56 Å². The fourth-order valence-electron chi connectivity index (χ4n) is 5.97. The van der Waals surface area contributed by atoms with Gasteiger partial charge in [-0.05, 0) is 67.4 Å². The molecule has 4 rings (SSSR count). The lowest BCUT2D eigenvalue weighted by molar-refractivity contribution is -0.149. The molecule has 1 heterocycles. The average molecular weight is 546 g/mol. The van der Waals surface area contributed by atoms with Crippen LogP contribution >= 0.6 is 0 Å². The van der Waals surface area contributed by atoms with E-state index in [1.54, 1.807) is 0 Å². The molecular weight excluding hydrogens is 498 g/mol. The molecule has 1 N–H and O–H groups in total. The Balaban J connectivity index is 1.40. The van der Waals surface area contributed by atoms with Crippen LogP contribution in [0.25, 0.3) is 6.08 Å². The third kappa shape index (κ3) is 8.20. The molecule has 1 aliphatic heterocycles. The Morgan fingerprint density at radius 2 is 1.75 bits per heavy atom. The van der Waals surface area contributed by atoms with Gasteiger partial charge in [-0.2, -0.15) is 0 Å². The van der Waals surface area contributed by atoms with Gasteiger partial charge in [0.25, 0.3) is 11.8 Å². The summed E-state index contributed by atoms with van der Waals surface area (Å²) < 4.78 is 6.29. The van der Waals surface area contributed by atoms with Crippen LogP contribution in [0.1, 0.15) is 80.4 Å². The number of carbonyl (C=O) groups is 2. The van der Waals surface area contributed by atoms with Crippen LogP contribution in [0.2, 0.25) is 0 Å². The van der Waals surface area contributed by atoms with Crippen LogP contribution < -0.4 is 5.32 Å². The molecular formula is C34H47N3O3. The van der Waals surface area contributed by atoms with E-state index >= 15 is 0 Å². The Kier molecular flexibility index (Phi) is 10.4. The third-order valence-corrected chi connectivity index (χ3v) is 7.68. The first-order valence-electron chi connectivity index (χ1n) is 15.0. The van der Waals surface area contributed by atoms with Gasteiger partial charge in [-0.25, -0.2) is 0 Å². The highest BCUT2D eigenvalue weighted by atomic mass is 16.5. The Hall–Kier alpha value is -3.12. The second-order valence-electron chi connectivity index (χ2n) is 12.4. The first-order valence-corrected chi connectivity index (χ1v) is 15.0. The molecule has 2 atom stereocenters. The maximum Gasteiger partial charge on any atom is 0.289 e. The molecule has 2 amide bonds. The molecule has 216 valence electrons. The number of fused-ring (bicyclic) bond motifs is 1. The molecule has 40 heavy (non-hydrogen) atoms. The number of aryl methyl sites for hydroxylation is 1. The topological polar surface area (TPSA) is 61.9 Å². The molecule has 0 radical (unpaired) electrons. The fourth-order valence-corrected chi connectivity index (χ4v) is 5.97. The molecule has 2 aromatic rings. The van der Waals surface area contributed by atoms with Gasteiger partial charge in [0.2, 0.25) is 0 Å². The third-order valence-electron chi connectivity index (χ3n) is 7.68. The average Bonchev–Trinajstić information content (AvgIpc) is 2.90. The summed E-state index contributed by atoms with van der Waals surface area (Å²) >= 11 is 0. The van der Waals surface area contributed by atoms with Crippen molar-refractivity contribution in [3.05, 3.63) is 76.5 Å². The number of nitrogens with zero attached hydrogens (tertiary/aromatic N) is 2. The predicted molar refractivity (Wildman–Crippen MR) is 162 cm³/mol. The quantitative estimate of drug-likeness (QED) is 0.349. The number of nitrogens with one attached hydrogen (secondary N) is 1. The summed E-state index contributed by atoms with van der Waals surface area (Å²) in [6.45, 7) is 15.1. The van der Waals surface area contributed by atoms with E-state index in [0.29, 0.717) is 36.2 Å². The molecule has 2 fully saturated rings. The highest BCUT2D eigenvalue weighted by Gasteiger charge is 2.41. The minimum atomic E-state index is -0.0763. The molecule has 0 aromatic heterocycles. The normalized spacial score (nSPS) is 20.2. The molecule has 2 unspecified atom stereocenters. The molecule has 2 aromatic carbocycles. The molecule has 6 nitrogen and oxygen atoms in total. The number of benzene rings is 2. The van der Waals surface area contributed by atoms with Gasteiger partial charge in [-0.3, -0.25) is 9.59 Å². The zero-order valence-electron chi connectivity index (χ0n) is 25.0. The number of hydrogen-bond donors (Lipinski definition) is 1. The molecule has 1 aliphatic carbocycles. The maximum absolute atomic E-state index is 13.6. The second-order valence-corrected chi connectivity index (χ2v) is 12.4. The van der Waals surface area contributed by atoms with E-state index in [2.05, 4.69) is 69.1 Å². The maximum atomic E-state index is 13.6. The molecule has 0 bridgehead atoms. The Morgan fingerprint density at radius 3 is 2.42 bits per heavy atom. The van der Waals surface area contributed by atoms with Crippen molar-refractivity contribution in [1.29, 1.82) is 0 Å². The highest BCUT2D eigenvalue weighted by molar-refractivity contribution is 5.97. The number of carbonyl (C=O) groups excluding carboxylic acids is 2. The standard InChI is InChI=1S/C34H47N3O3/c1-24(2)21-36(22-25(3)4)18-17-35-33(38)29-15-13-27(14-16-29)20-32-34(39)37(23-28-10-8-9-26(5)19-28)30-11-6-7-12-31(30)40-32/h8-10,13-16,19-20,24-25,30-31H,6-7,11-12,17-18,21-23H2,1-5H3,(H,35,38)/b32-20+. The van der Waals surface area contributed by atoms with E-state index in [1.807, 2.05) is 35.2 Å². The van der Waals surface area contributed by atoms with E-state index in [4.69, 9.17) is 4.74 Å². The smallest absolute Gasteiger partial charge is 0.289 e. The van der Waals surface area contributed by atoms with Gasteiger partial charge < -0.3 is 19.9 Å². The zero-order valence-corrected chi connectivity index (χ0v) is 25.0. The van der Waals surface area contributed by atoms with Crippen molar-refractivity contribution >= 4 is 17.9 Å². The number of amides is 2. The predicted octanol–water partition coefficient (Wildman–Crippen LogP) is 6.05. The monoisotopic (exact) mass is 545 g/mol. The van der Waals surface area contributed by atoms with Gasteiger partial charge in [0.15, 0.2) is 5.76 Å². The van der Waals surface area contributed by atoms with Gasteiger partial charge >= 0.3 is 0 Å². The van der Waals surface area contributed by atoms with E-state index in [0.717, 1.165) is 56.4 Å². The van der Waals surface area contributed by atoms with Gasteiger partial charge in [0.05, 0.1) is 6.04 Å². The Bertz CT molecular complexity index is 1160. The summed E-state index contributed by atoms with van der Waals surface area (Å²) in [5.74, 6) is 1.44. The molecule has 1 saturated carbocycles. The minimum absolute atomic E-state index is 0.0264. The van der Waals surface area contributed by atoms with Crippen molar-refractivity contribution in [2.45, 2.75) is 79.0 Å². The summed E-state index contributed by atoms with van der Waals surface area (Å²) in [5, 5.41) is 3.07. The van der Waals surface area contributed by atoms with Crippen molar-refractivity contribution in [3.8, 4) is 0 Å². The summed E-state index contributed by atoms with van der Waals surface area (Å²) in [4.78, 5) is 30.8. The van der Waals surface area contributed by atoms with Crippen LogP contribution in [0.3, 0.4) is 0 Å². The van der Waals surface area contributed by atoms with Crippen LogP contribution in [0.15, 0.2) is 54.3 Å². The van der Waals surface area contributed by atoms with Gasteiger partial charge in [-0.15, -0.1) is 0 Å². The van der Waals surface area contributed by atoms with Crippen molar-refractivity contribution < 1.29 is 14.3 Å². The Morgan fingerprint density at radius 1 is 1.05 bits per heavy atom. The Labute approximate surface area is 240 Å². The molecule has 0 spiro atoms. The SMILES string of the molecule is Cc1cccc(CN2C(=O)/C(=C\c3ccc(C(=O)NCCN(CC(C)C)CC(C)C)cc3)OC3CCCCC32)c1. The number of ether oxygens (including phenoxy) is 1. The fraction of sp³-hybridized carbons (Fsp3) is 0.529. The largest absolute Gasteiger partial charge is 0.482 e. The van der Waals surface area contributed by atoms with Crippen molar-refractivity contribution in [2.75, 3.05) is 26.2 Å². The van der Waals surface area contributed by atoms with Crippen molar-refractivity contribution in [3.63, 3.8) is 0 Å². The van der Waals surface area contributed by atoms with Crippen molar-refractivity contribution in [2.24, 2.45) is 11.8 Å². The summed E-state index contributed by atoms with van der Waals surface area (Å²) in [5.41, 5.74) is 3.81. The lowest BCUT2D eigenvalue weighted by atomic mass is 9.89. The molecule has 6 heteroatoms. The lowest BCUT2D eigenvalue weighted by Gasteiger charge is -2.44. The van der Waals surface area contributed by atoms with Gasteiger partial charge in [0, 0.05) is 38.3 Å². The van der Waals surface area contributed by atoms with E-state index in [9.17, 15) is 9.59 Å². The molecule has 2 aliphatic rings. The van der Waals surface area contributed by atoms with E-state index in [-0.39, 0.29) is 24.0 Å². The minimum Gasteiger partial charge on any atom is -0.482 e. The lowest BCUT2D eigenvalue weighted by Crippen LogP contribution is -2.54. The van der Waals surface area contributed by atoms with Crippen LogP contribution in [-0.4, -0.2) is 59.9 Å². The summed E-state index contributed by atoms with van der Waals surface area (Å²) in [7, 11) is 0. The van der Waals surface area contributed by atoms with Crippen LogP contribution in [0.4, 0.5) is 0 Å². The first-order chi connectivity index (χ1) is 19.2. The number of rotatable bonds is 11. The van der Waals surface area contributed by atoms with Crippen LogP contribution in [-0.2, 0) is 16.1 Å². The second kappa shape index (κ2) is 14.0.